The Labute approximate surface area is 89.0 Å². The number of rotatable bonds is 7. The Morgan fingerprint density at radius 3 is 1.38 bits per heavy atom. The van der Waals surface area contributed by atoms with Gasteiger partial charge < -0.3 is 0 Å². The molecule has 0 spiro atoms. The number of halogens is 1. The molecule has 0 saturated heterocycles. The molecule has 0 aliphatic rings. The average molecular weight is 209 g/mol. The maximum Gasteiger partial charge on any atom is 0.0321 e. The number of hydrogen-bond acceptors (Lipinski definition) is 2. The molecule has 13 heavy (non-hydrogen) atoms. The van der Waals surface area contributed by atoms with Gasteiger partial charge in [-0.25, -0.2) is 0 Å². The van der Waals surface area contributed by atoms with Gasteiger partial charge in [0.2, 0.25) is 0 Å². The van der Waals surface area contributed by atoms with Crippen molar-refractivity contribution in [1.82, 2.24) is 5.43 Å². The molecule has 0 aromatic rings. The Morgan fingerprint density at radius 2 is 1.23 bits per heavy atom. The van der Waals surface area contributed by atoms with E-state index in [0.717, 1.165) is 0 Å². The van der Waals surface area contributed by atoms with Crippen LogP contribution in [-0.2, 0) is 0 Å². The number of nitrogens with one attached hydrogen (secondary N) is 1. The van der Waals surface area contributed by atoms with Crippen LogP contribution in [0.15, 0.2) is 0 Å². The molecular weight excluding hydrogens is 184 g/mol. The van der Waals surface area contributed by atoms with Crippen molar-refractivity contribution >= 4 is 12.4 Å². The fourth-order valence-electron chi connectivity index (χ4n) is 2.03. The molecule has 0 aliphatic carbocycles. The summed E-state index contributed by atoms with van der Waals surface area (Å²) in [5.74, 6) is 5.62. The van der Waals surface area contributed by atoms with E-state index in [1.165, 1.54) is 38.5 Å². The van der Waals surface area contributed by atoms with E-state index in [4.69, 9.17) is 5.84 Å². The Hall–Kier alpha value is 0.210. The highest BCUT2D eigenvalue weighted by molar-refractivity contribution is 5.85. The molecule has 0 bridgehead atoms. The largest absolute Gasteiger partial charge is 0.271 e. The van der Waals surface area contributed by atoms with E-state index in [0.29, 0.717) is 0 Å². The van der Waals surface area contributed by atoms with Gasteiger partial charge in [0.1, 0.15) is 0 Å². The maximum atomic E-state index is 5.62. The third-order valence-electron chi connectivity index (χ3n) is 2.49. The van der Waals surface area contributed by atoms with E-state index in [2.05, 4.69) is 26.2 Å². The molecule has 0 aliphatic heterocycles. The SMILES string of the molecule is CCCC(CCC)(CCC)NN.Cl. The molecule has 0 amide bonds. The second-order valence-electron chi connectivity index (χ2n) is 3.67. The first-order chi connectivity index (χ1) is 5.74. The second-order valence-corrected chi connectivity index (χ2v) is 3.67. The summed E-state index contributed by atoms with van der Waals surface area (Å²) in [6, 6.07) is 0. The van der Waals surface area contributed by atoms with Crippen LogP contribution in [0.3, 0.4) is 0 Å². The zero-order valence-electron chi connectivity index (χ0n) is 9.23. The van der Waals surface area contributed by atoms with Crippen molar-refractivity contribution < 1.29 is 0 Å². The topological polar surface area (TPSA) is 38.0 Å². The standard InChI is InChI=1S/C10H24N2.ClH/c1-4-7-10(12-11,8-5-2)9-6-3;/h12H,4-9,11H2,1-3H3;1H. The Kier molecular flexibility index (Phi) is 10.6. The summed E-state index contributed by atoms with van der Waals surface area (Å²) in [4.78, 5) is 0. The van der Waals surface area contributed by atoms with Crippen molar-refractivity contribution in [3.8, 4) is 0 Å². The minimum Gasteiger partial charge on any atom is -0.271 e. The maximum absolute atomic E-state index is 5.62. The van der Waals surface area contributed by atoms with Crippen LogP contribution in [0.1, 0.15) is 59.3 Å². The van der Waals surface area contributed by atoms with Gasteiger partial charge in [0, 0.05) is 5.54 Å². The lowest BCUT2D eigenvalue weighted by Crippen LogP contribution is -2.49. The zero-order chi connectivity index (χ0) is 9.45. The van der Waals surface area contributed by atoms with Crippen molar-refractivity contribution in [3.63, 3.8) is 0 Å². The lowest BCUT2D eigenvalue weighted by atomic mass is 9.85. The predicted molar refractivity (Wildman–Crippen MR) is 62.0 cm³/mol. The molecule has 0 aromatic heterocycles. The summed E-state index contributed by atoms with van der Waals surface area (Å²) >= 11 is 0. The van der Waals surface area contributed by atoms with Crippen LogP contribution in [0.25, 0.3) is 0 Å². The van der Waals surface area contributed by atoms with Crippen LogP contribution in [0.4, 0.5) is 0 Å². The summed E-state index contributed by atoms with van der Waals surface area (Å²) in [5, 5.41) is 0. The minimum atomic E-state index is 0. The fourth-order valence-corrected chi connectivity index (χ4v) is 2.03. The summed E-state index contributed by atoms with van der Waals surface area (Å²) in [5.41, 5.74) is 3.24. The molecule has 0 heterocycles. The molecule has 3 heteroatoms. The van der Waals surface area contributed by atoms with Crippen LogP contribution >= 0.6 is 12.4 Å². The van der Waals surface area contributed by atoms with Gasteiger partial charge in [0.25, 0.3) is 0 Å². The molecule has 0 rings (SSSR count). The monoisotopic (exact) mass is 208 g/mol. The summed E-state index contributed by atoms with van der Waals surface area (Å²) in [6.07, 6.45) is 7.24. The molecule has 82 valence electrons. The third kappa shape index (κ3) is 5.50. The van der Waals surface area contributed by atoms with Crippen molar-refractivity contribution in [2.24, 2.45) is 5.84 Å². The summed E-state index contributed by atoms with van der Waals surface area (Å²) in [6.45, 7) is 6.66. The lowest BCUT2D eigenvalue weighted by Gasteiger charge is -2.32. The molecular formula is C10H25ClN2. The van der Waals surface area contributed by atoms with E-state index in [-0.39, 0.29) is 17.9 Å². The molecule has 0 fully saturated rings. The smallest absolute Gasteiger partial charge is 0.0321 e. The van der Waals surface area contributed by atoms with Crippen molar-refractivity contribution in [3.05, 3.63) is 0 Å². The van der Waals surface area contributed by atoms with Gasteiger partial charge in [-0.2, -0.15) is 0 Å². The highest BCUT2D eigenvalue weighted by atomic mass is 35.5. The first-order valence-electron chi connectivity index (χ1n) is 5.22. The third-order valence-corrected chi connectivity index (χ3v) is 2.49. The minimum absolute atomic E-state index is 0. The zero-order valence-corrected chi connectivity index (χ0v) is 10.0. The number of hydrazine groups is 1. The fraction of sp³-hybridized carbons (Fsp3) is 1.00. The van der Waals surface area contributed by atoms with Crippen molar-refractivity contribution in [2.75, 3.05) is 0 Å². The lowest BCUT2D eigenvalue weighted by molar-refractivity contribution is 0.256. The second kappa shape index (κ2) is 8.79. The van der Waals surface area contributed by atoms with Crippen LogP contribution in [0.2, 0.25) is 0 Å². The number of hydrogen-bond donors (Lipinski definition) is 2. The van der Waals surface area contributed by atoms with Crippen LogP contribution < -0.4 is 11.3 Å². The molecule has 0 saturated carbocycles. The van der Waals surface area contributed by atoms with Crippen molar-refractivity contribution in [2.45, 2.75) is 64.8 Å². The predicted octanol–water partition coefficient (Wildman–Crippen LogP) is 3.01. The average Bonchev–Trinajstić information content (AvgIpc) is 2.06. The molecule has 2 nitrogen and oxygen atoms in total. The molecule has 0 atom stereocenters. The highest BCUT2D eigenvalue weighted by Crippen LogP contribution is 2.23. The normalized spacial score (nSPS) is 11.1. The van der Waals surface area contributed by atoms with E-state index in [1.54, 1.807) is 0 Å². The highest BCUT2D eigenvalue weighted by Gasteiger charge is 2.24. The van der Waals surface area contributed by atoms with Gasteiger partial charge in [-0.05, 0) is 19.3 Å². The molecule has 0 unspecified atom stereocenters. The van der Waals surface area contributed by atoms with Crippen molar-refractivity contribution in [1.29, 1.82) is 0 Å². The van der Waals surface area contributed by atoms with Gasteiger partial charge in [0.05, 0.1) is 0 Å². The van der Waals surface area contributed by atoms with Crippen LogP contribution in [-0.4, -0.2) is 5.54 Å². The first-order valence-corrected chi connectivity index (χ1v) is 5.22. The van der Waals surface area contributed by atoms with E-state index < -0.39 is 0 Å². The van der Waals surface area contributed by atoms with Gasteiger partial charge in [0.15, 0.2) is 0 Å². The van der Waals surface area contributed by atoms with E-state index in [1.807, 2.05) is 0 Å². The van der Waals surface area contributed by atoms with Gasteiger partial charge in [-0.1, -0.05) is 40.0 Å². The Bertz CT molecular complexity index is 90.1. The summed E-state index contributed by atoms with van der Waals surface area (Å²) < 4.78 is 0. The molecule has 0 aromatic carbocycles. The molecule has 0 radical (unpaired) electrons. The van der Waals surface area contributed by atoms with Gasteiger partial charge in [-0.15, -0.1) is 12.4 Å². The first kappa shape index (κ1) is 15.7. The Morgan fingerprint density at radius 1 is 0.923 bits per heavy atom. The Balaban J connectivity index is 0. The molecule has 3 N–H and O–H groups in total. The summed E-state index contributed by atoms with van der Waals surface area (Å²) in [7, 11) is 0. The van der Waals surface area contributed by atoms with E-state index >= 15 is 0 Å². The van der Waals surface area contributed by atoms with Gasteiger partial charge in [-0.3, -0.25) is 11.3 Å². The van der Waals surface area contributed by atoms with Crippen LogP contribution in [0.5, 0.6) is 0 Å². The number of nitrogens with two attached hydrogens (primary N) is 1. The quantitative estimate of drug-likeness (QED) is 0.499. The van der Waals surface area contributed by atoms with Crippen LogP contribution in [0, 0.1) is 0 Å². The van der Waals surface area contributed by atoms with E-state index in [9.17, 15) is 0 Å². The van der Waals surface area contributed by atoms with Gasteiger partial charge >= 0.3 is 0 Å².